The summed E-state index contributed by atoms with van der Waals surface area (Å²) in [5.74, 6) is -2.15. The minimum absolute atomic E-state index is 0.0825. The van der Waals surface area contributed by atoms with Crippen LogP contribution in [-0.4, -0.2) is 63.0 Å². The van der Waals surface area contributed by atoms with Gasteiger partial charge in [-0.3, -0.25) is 0 Å². The zero-order valence-corrected chi connectivity index (χ0v) is 20.4. The molecule has 5 rings (SSSR count). The summed E-state index contributed by atoms with van der Waals surface area (Å²) in [5, 5.41) is 17.3. The quantitative estimate of drug-likeness (QED) is 0.492. The summed E-state index contributed by atoms with van der Waals surface area (Å²) in [6, 6.07) is 8.61. The van der Waals surface area contributed by atoms with Crippen LogP contribution in [0.25, 0.3) is 5.78 Å². The first-order valence-corrected chi connectivity index (χ1v) is 12.5. The van der Waals surface area contributed by atoms with Gasteiger partial charge >= 0.3 is 6.09 Å². The van der Waals surface area contributed by atoms with Crippen LogP contribution in [-0.2, 0) is 22.7 Å². The molecule has 1 aliphatic carbocycles. The third-order valence-corrected chi connectivity index (χ3v) is 6.88. The second-order valence-electron chi connectivity index (χ2n) is 9.43. The Bertz CT molecular complexity index is 1210. The van der Waals surface area contributed by atoms with Gasteiger partial charge in [0.15, 0.2) is 5.82 Å². The molecule has 1 aromatic carbocycles. The van der Waals surface area contributed by atoms with E-state index in [2.05, 4.69) is 20.4 Å². The number of aliphatic hydroxyl groups excluding tert-OH is 1. The lowest BCUT2D eigenvalue weighted by Gasteiger charge is -2.33. The zero-order valence-electron chi connectivity index (χ0n) is 20.4. The standard InChI is InChI=1S/C25H30F2N6O4/c26-25(27)8-6-18(7-9-25)21(29-24(35)37-16-17-4-2-1-3-5-17)19-14-33-23(28-19)30-22(20(15-34)31-33)32-10-12-36-13-11-32/h1-5,14,18,21,34H,6-13,15-16H2,(H,29,35)/t21-/m0/s1. The SMILES string of the molecule is O=C(N[C@H](c1cn2nc(CO)c(N3CCOCC3)nc2n1)C1CCC(F)(F)CC1)OCc1ccccc1. The largest absolute Gasteiger partial charge is 0.445 e. The lowest BCUT2D eigenvalue weighted by molar-refractivity contribution is -0.0497. The van der Waals surface area contributed by atoms with E-state index in [4.69, 9.17) is 9.47 Å². The first kappa shape index (κ1) is 25.3. The Morgan fingerprint density at radius 2 is 1.92 bits per heavy atom. The van der Waals surface area contributed by atoms with Crippen molar-refractivity contribution < 1.29 is 28.2 Å². The van der Waals surface area contributed by atoms with Gasteiger partial charge < -0.3 is 24.8 Å². The number of alkyl carbamates (subject to hydrolysis) is 1. The molecule has 12 heteroatoms. The van der Waals surface area contributed by atoms with E-state index in [1.54, 1.807) is 6.20 Å². The Balaban J connectivity index is 1.40. The highest BCUT2D eigenvalue weighted by atomic mass is 19.3. The van der Waals surface area contributed by atoms with Crippen LogP contribution in [0.4, 0.5) is 19.4 Å². The molecule has 1 atom stereocenters. The van der Waals surface area contributed by atoms with E-state index in [0.717, 1.165) is 5.56 Å². The number of alkyl halides is 2. The molecule has 2 fully saturated rings. The van der Waals surface area contributed by atoms with Crippen LogP contribution >= 0.6 is 0 Å². The summed E-state index contributed by atoms with van der Waals surface area (Å²) in [6.07, 6.45) is 0.913. The molecule has 3 aromatic rings. The van der Waals surface area contributed by atoms with Gasteiger partial charge in [0.1, 0.15) is 12.3 Å². The second kappa shape index (κ2) is 10.9. The van der Waals surface area contributed by atoms with Crippen LogP contribution in [0.2, 0.25) is 0 Å². The molecule has 2 N–H and O–H groups in total. The van der Waals surface area contributed by atoms with Crippen LogP contribution in [0, 0.1) is 5.92 Å². The second-order valence-corrected chi connectivity index (χ2v) is 9.43. The Kier molecular flexibility index (Phi) is 7.47. The van der Waals surface area contributed by atoms with Gasteiger partial charge in [-0.05, 0) is 24.3 Å². The molecule has 1 saturated carbocycles. The number of carbonyl (C=O) groups is 1. The highest BCUT2D eigenvalue weighted by Gasteiger charge is 2.39. The molecule has 2 aliphatic rings. The van der Waals surface area contributed by atoms with Crippen molar-refractivity contribution in [1.29, 1.82) is 0 Å². The summed E-state index contributed by atoms with van der Waals surface area (Å²) < 4.78 is 40.1. The Labute approximate surface area is 212 Å². The normalized spacial score (nSPS) is 19.1. The number of imidazole rings is 1. The molecule has 2 aromatic heterocycles. The molecule has 0 bridgehead atoms. The maximum absolute atomic E-state index is 13.9. The van der Waals surface area contributed by atoms with Crippen molar-refractivity contribution in [2.75, 3.05) is 31.2 Å². The Hall–Kier alpha value is -3.38. The fraction of sp³-hybridized carbons (Fsp3) is 0.520. The number of nitrogens with zero attached hydrogens (tertiary/aromatic N) is 5. The number of rotatable bonds is 7. The molecule has 10 nitrogen and oxygen atoms in total. The number of ether oxygens (including phenoxy) is 2. The molecule has 37 heavy (non-hydrogen) atoms. The summed E-state index contributed by atoms with van der Waals surface area (Å²) in [6.45, 7) is 2.08. The van der Waals surface area contributed by atoms with Crippen molar-refractivity contribution in [1.82, 2.24) is 24.9 Å². The Morgan fingerprint density at radius 1 is 1.19 bits per heavy atom. The Morgan fingerprint density at radius 3 is 2.62 bits per heavy atom. The van der Waals surface area contributed by atoms with Crippen molar-refractivity contribution in [3.63, 3.8) is 0 Å². The summed E-state index contributed by atoms with van der Waals surface area (Å²) in [4.78, 5) is 24.0. The van der Waals surface area contributed by atoms with Crippen molar-refractivity contribution in [3.8, 4) is 0 Å². The van der Waals surface area contributed by atoms with Gasteiger partial charge in [0.25, 0.3) is 5.78 Å². The fourth-order valence-electron chi connectivity index (χ4n) is 4.86. The number of hydrogen-bond acceptors (Lipinski definition) is 8. The number of nitrogens with one attached hydrogen (secondary N) is 1. The van der Waals surface area contributed by atoms with E-state index >= 15 is 0 Å². The monoisotopic (exact) mass is 516 g/mol. The topological polar surface area (TPSA) is 114 Å². The van der Waals surface area contributed by atoms with Gasteiger partial charge in [0.05, 0.1) is 37.8 Å². The molecule has 0 unspecified atom stereocenters. The molecule has 198 valence electrons. The molecule has 0 radical (unpaired) electrons. The molecule has 1 saturated heterocycles. The van der Waals surface area contributed by atoms with Crippen molar-refractivity contribution in [3.05, 3.63) is 53.5 Å². The predicted octanol–water partition coefficient (Wildman–Crippen LogP) is 3.25. The van der Waals surface area contributed by atoms with Crippen LogP contribution in [0.15, 0.2) is 36.5 Å². The number of aromatic nitrogens is 4. The third kappa shape index (κ3) is 5.96. The summed E-state index contributed by atoms with van der Waals surface area (Å²) >= 11 is 0. The maximum Gasteiger partial charge on any atom is 0.408 e. The van der Waals surface area contributed by atoms with E-state index in [0.29, 0.717) is 49.3 Å². The van der Waals surface area contributed by atoms with Crippen molar-refractivity contribution >= 4 is 17.7 Å². The number of halogens is 2. The van der Waals surface area contributed by atoms with Crippen molar-refractivity contribution in [2.45, 2.75) is 50.9 Å². The molecule has 1 amide bonds. The van der Waals surface area contributed by atoms with E-state index in [9.17, 15) is 18.7 Å². The lowest BCUT2D eigenvalue weighted by atomic mass is 9.81. The third-order valence-electron chi connectivity index (χ3n) is 6.88. The van der Waals surface area contributed by atoms with Crippen LogP contribution < -0.4 is 10.2 Å². The highest BCUT2D eigenvalue weighted by molar-refractivity contribution is 5.68. The molecular weight excluding hydrogens is 486 g/mol. The lowest BCUT2D eigenvalue weighted by Crippen LogP contribution is -2.37. The average molecular weight is 517 g/mol. The predicted molar refractivity (Wildman–Crippen MR) is 129 cm³/mol. The highest BCUT2D eigenvalue weighted by Crippen LogP contribution is 2.41. The number of fused-ring (bicyclic) bond motifs is 1. The number of amides is 1. The number of aliphatic hydroxyl groups is 1. The van der Waals surface area contributed by atoms with Crippen molar-refractivity contribution in [2.24, 2.45) is 5.92 Å². The minimum atomic E-state index is -2.71. The van der Waals surface area contributed by atoms with Gasteiger partial charge in [0, 0.05) is 25.9 Å². The molecule has 1 aliphatic heterocycles. The minimum Gasteiger partial charge on any atom is -0.445 e. The summed E-state index contributed by atoms with van der Waals surface area (Å²) in [7, 11) is 0. The van der Waals surface area contributed by atoms with Gasteiger partial charge in [-0.1, -0.05) is 30.3 Å². The maximum atomic E-state index is 13.9. The van der Waals surface area contributed by atoms with Gasteiger partial charge in [-0.2, -0.15) is 10.1 Å². The van der Waals surface area contributed by atoms with Crippen LogP contribution in [0.5, 0.6) is 0 Å². The van der Waals surface area contributed by atoms with Gasteiger partial charge in [-0.25, -0.2) is 23.1 Å². The molecular formula is C25H30F2N6O4. The number of carbonyl (C=O) groups excluding carboxylic acids is 1. The fourth-order valence-corrected chi connectivity index (χ4v) is 4.86. The molecule has 3 heterocycles. The smallest absolute Gasteiger partial charge is 0.408 e. The first-order chi connectivity index (χ1) is 17.9. The van der Waals surface area contributed by atoms with Crippen LogP contribution in [0.1, 0.15) is 48.7 Å². The first-order valence-electron chi connectivity index (χ1n) is 12.5. The number of benzene rings is 1. The average Bonchev–Trinajstić information content (AvgIpc) is 3.34. The van der Waals surface area contributed by atoms with Crippen LogP contribution in [0.3, 0.4) is 0 Å². The number of morpholine rings is 1. The number of hydrogen-bond donors (Lipinski definition) is 2. The molecule has 0 spiro atoms. The van der Waals surface area contributed by atoms with E-state index in [1.807, 2.05) is 35.2 Å². The zero-order chi connectivity index (χ0) is 25.8. The van der Waals surface area contributed by atoms with Gasteiger partial charge in [0.2, 0.25) is 5.92 Å². The van der Waals surface area contributed by atoms with E-state index in [-0.39, 0.29) is 44.8 Å². The number of anilines is 1. The summed E-state index contributed by atoms with van der Waals surface area (Å²) in [5.41, 5.74) is 1.68. The van der Waals surface area contributed by atoms with Gasteiger partial charge in [-0.15, -0.1) is 0 Å². The van der Waals surface area contributed by atoms with E-state index < -0.39 is 18.1 Å². The van der Waals surface area contributed by atoms with E-state index in [1.165, 1.54) is 4.52 Å².